The summed E-state index contributed by atoms with van der Waals surface area (Å²) < 4.78 is 11.5. The van der Waals surface area contributed by atoms with E-state index in [2.05, 4.69) is 23.6 Å². The van der Waals surface area contributed by atoms with Crippen LogP contribution in [-0.4, -0.2) is 74.5 Å². The van der Waals surface area contributed by atoms with Gasteiger partial charge in [-0.15, -0.1) is 0 Å². The normalized spacial score (nSPS) is 32.5. The van der Waals surface area contributed by atoms with Crippen molar-refractivity contribution >= 4 is 0 Å². The molecule has 2 fully saturated rings. The van der Waals surface area contributed by atoms with Gasteiger partial charge in [-0.1, -0.05) is 13.8 Å². The average molecular weight is 270 g/mol. The Kier molecular flexibility index (Phi) is 6.07. The molecule has 0 N–H and O–H groups in total. The summed E-state index contributed by atoms with van der Waals surface area (Å²) in [6.45, 7) is 11.1. The van der Waals surface area contributed by atoms with E-state index in [1.807, 2.05) is 7.11 Å². The first-order chi connectivity index (χ1) is 9.28. The summed E-state index contributed by atoms with van der Waals surface area (Å²) in [4.78, 5) is 5.14. The van der Waals surface area contributed by atoms with Crippen LogP contribution in [0, 0.1) is 0 Å². The third-order valence-electron chi connectivity index (χ3n) is 4.82. The summed E-state index contributed by atoms with van der Waals surface area (Å²) in [5.74, 6) is 0. The van der Waals surface area contributed by atoms with Gasteiger partial charge >= 0.3 is 0 Å². The second-order valence-electron chi connectivity index (χ2n) is 5.71. The van der Waals surface area contributed by atoms with Crippen molar-refractivity contribution in [1.82, 2.24) is 9.80 Å². The molecule has 1 saturated heterocycles. The molecule has 1 heterocycles. The third-order valence-corrected chi connectivity index (χ3v) is 4.82. The molecule has 1 aliphatic carbocycles. The lowest BCUT2D eigenvalue weighted by atomic mass is 9.88. The van der Waals surface area contributed by atoms with Gasteiger partial charge in [-0.05, 0) is 32.4 Å². The van der Waals surface area contributed by atoms with Crippen molar-refractivity contribution < 1.29 is 9.47 Å². The van der Waals surface area contributed by atoms with E-state index in [4.69, 9.17) is 9.47 Å². The van der Waals surface area contributed by atoms with Gasteiger partial charge in [-0.25, -0.2) is 0 Å². The molecule has 0 spiro atoms. The fourth-order valence-corrected chi connectivity index (χ4v) is 3.45. The highest BCUT2D eigenvalue weighted by Gasteiger charge is 2.37. The summed E-state index contributed by atoms with van der Waals surface area (Å²) in [6, 6.07) is 0.572. The van der Waals surface area contributed by atoms with Gasteiger partial charge in [0, 0.05) is 32.8 Å². The van der Waals surface area contributed by atoms with Crippen molar-refractivity contribution in [3.8, 4) is 0 Å². The van der Waals surface area contributed by atoms with Crippen molar-refractivity contribution in [3.63, 3.8) is 0 Å². The maximum atomic E-state index is 5.95. The molecule has 112 valence electrons. The van der Waals surface area contributed by atoms with Crippen LogP contribution in [0.1, 0.15) is 33.1 Å². The van der Waals surface area contributed by atoms with Crippen LogP contribution in [0.4, 0.5) is 0 Å². The number of rotatable bonds is 6. The Morgan fingerprint density at radius 3 is 2.74 bits per heavy atom. The third kappa shape index (κ3) is 3.91. The minimum atomic E-state index is 0.430. The lowest BCUT2D eigenvalue weighted by molar-refractivity contribution is -0.114. The minimum absolute atomic E-state index is 0.430. The molecule has 0 radical (unpaired) electrons. The molecule has 0 amide bonds. The zero-order chi connectivity index (χ0) is 13.7. The molecule has 4 nitrogen and oxygen atoms in total. The van der Waals surface area contributed by atoms with Crippen molar-refractivity contribution in [2.45, 2.75) is 51.4 Å². The van der Waals surface area contributed by atoms with Gasteiger partial charge in [0.2, 0.25) is 0 Å². The fraction of sp³-hybridized carbons (Fsp3) is 1.00. The number of morpholine rings is 1. The van der Waals surface area contributed by atoms with Gasteiger partial charge in [0.25, 0.3) is 0 Å². The van der Waals surface area contributed by atoms with Crippen LogP contribution < -0.4 is 0 Å². The smallest absolute Gasteiger partial charge is 0.0732 e. The largest absolute Gasteiger partial charge is 0.381 e. The number of nitrogens with zero attached hydrogens (tertiary/aromatic N) is 2. The van der Waals surface area contributed by atoms with E-state index < -0.39 is 0 Å². The zero-order valence-corrected chi connectivity index (χ0v) is 12.8. The Hall–Kier alpha value is -0.160. The molecule has 4 heteroatoms. The number of methoxy groups -OCH3 is 1. The highest BCUT2D eigenvalue weighted by Crippen LogP contribution is 2.29. The van der Waals surface area contributed by atoms with Gasteiger partial charge < -0.3 is 14.4 Å². The molecular weight excluding hydrogens is 240 g/mol. The Morgan fingerprint density at radius 2 is 2.05 bits per heavy atom. The summed E-state index contributed by atoms with van der Waals surface area (Å²) in [6.07, 6.45) is 4.32. The van der Waals surface area contributed by atoms with E-state index in [-0.39, 0.29) is 0 Å². The van der Waals surface area contributed by atoms with Crippen LogP contribution in [0.5, 0.6) is 0 Å². The molecule has 0 aromatic rings. The van der Waals surface area contributed by atoms with Crippen LogP contribution in [-0.2, 0) is 9.47 Å². The molecular formula is C15H30N2O2. The van der Waals surface area contributed by atoms with E-state index in [9.17, 15) is 0 Å². The van der Waals surface area contributed by atoms with Crippen molar-refractivity contribution in [1.29, 1.82) is 0 Å². The van der Waals surface area contributed by atoms with Crippen molar-refractivity contribution in [2.24, 2.45) is 0 Å². The van der Waals surface area contributed by atoms with Gasteiger partial charge in [0.1, 0.15) is 0 Å². The predicted octanol–water partition coefficient (Wildman–Crippen LogP) is 1.60. The van der Waals surface area contributed by atoms with Crippen LogP contribution >= 0.6 is 0 Å². The molecule has 1 saturated carbocycles. The number of hydrogen-bond donors (Lipinski definition) is 0. The minimum Gasteiger partial charge on any atom is -0.381 e. The first-order valence-corrected chi connectivity index (χ1v) is 7.89. The van der Waals surface area contributed by atoms with Crippen LogP contribution in [0.3, 0.4) is 0 Å². The molecule has 0 bridgehead atoms. The molecule has 0 aromatic carbocycles. The van der Waals surface area contributed by atoms with Crippen LogP contribution in [0.15, 0.2) is 0 Å². The number of ether oxygens (including phenoxy) is 2. The van der Waals surface area contributed by atoms with Gasteiger partial charge in [0.15, 0.2) is 0 Å². The standard InChI is InChI=1S/C15H30N2O2/c1-4-16(5-2)8-9-17-10-11-19-15-7-6-13(18-3)12-14(15)17/h13-15H,4-12H2,1-3H3/t13-,14+,15-/m1/s1. The van der Waals surface area contributed by atoms with E-state index in [1.54, 1.807) is 0 Å². The Morgan fingerprint density at radius 1 is 1.26 bits per heavy atom. The lowest BCUT2D eigenvalue weighted by Crippen LogP contribution is -2.56. The predicted molar refractivity (Wildman–Crippen MR) is 77.5 cm³/mol. The van der Waals surface area contributed by atoms with E-state index in [0.717, 1.165) is 45.5 Å². The first-order valence-electron chi connectivity index (χ1n) is 7.89. The lowest BCUT2D eigenvalue weighted by Gasteiger charge is -2.46. The van der Waals surface area contributed by atoms with E-state index in [1.165, 1.54) is 13.1 Å². The average Bonchev–Trinajstić information content (AvgIpc) is 2.47. The van der Waals surface area contributed by atoms with Crippen LogP contribution in [0.25, 0.3) is 0 Å². The highest BCUT2D eigenvalue weighted by atomic mass is 16.5. The first kappa shape index (κ1) is 15.2. The Labute approximate surface area is 118 Å². The number of fused-ring (bicyclic) bond motifs is 1. The SMILES string of the molecule is CCN(CC)CCN1CCO[C@@H]2CC[C@@H](OC)C[C@@H]21. The van der Waals surface area contributed by atoms with Gasteiger partial charge in [-0.2, -0.15) is 0 Å². The zero-order valence-electron chi connectivity index (χ0n) is 12.8. The molecule has 0 unspecified atom stereocenters. The van der Waals surface area contributed by atoms with Crippen molar-refractivity contribution in [3.05, 3.63) is 0 Å². The van der Waals surface area contributed by atoms with E-state index >= 15 is 0 Å². The summed E-state index contributed by atoms with van der Waals surface area (Å²) in [5.41, 5.74) is 0. The molecule has 0 aromatic heterocycles. The molecule has 19 heavy (non-hydrogen) atoms. The quantitative estimate of drug-likeness (QED) is 0.732. The monoisotopic (exact) mass is 270 g/mol. The number of likely N-dealkylation sites (N-methyl/N-ethyl adjacent to an activating group) is 1. The topological polar surface area (TPSA) is 24.9 Å². The molecule has 1 aliphatic heterocycles. The van der Waals surface area contributed by atoms with Gasteiger partial charge in [0.05, 0.1) is 18.8 Å². The Bertz CT molecular complexity index is 259. The highest BCUT2D eigenvalue weighted by molar-refractivity contribution is 4.91. The van der Waals surface area contributed by atoms with Crippen LogP contribution in [0.2, 0.25) is 0 Å². The maximum absolute atomic E-state index is 5.95. The fourth-order valence-electron chi connectivity index (χ4n) is 3.45. The molecule has 2 rings (SSSR count). The second-order valence-corrected chi connectivity index (χ2v) is 5.71. The Balaban J connectivity index is 1.87. The summed E-state index contributed by atoms with van der Waals surface area (Å²) in [7, 11) is 1.84. The summed E-state index contributed by atoms with van der Waals surface area (Å²) in [5, 5.41) is 0. The molecule has 3 atom stereocenters. The van der Waals surface area contributed by atoms with E-state index in [0.29, 0.717) is 18.2 Å². The number of hydrogen-bond acceptors (Lipinski definition) is 4. The van der Waals surface area contributed by atoms with Gasteiger partial charge in [-0.3, -0.25) is 4.90 Å². The molecule has 2 aliphatic rings. The van der Waals surface area contributed by atoms with Crippen molar-refractivity contribution in [2.75, 3.05) is 46.4 Å². The maximum Gasteiger partial charge on any atom is 0.0732 e. The summed E-state index contributed by atoms with van der Waals surface area (Å²) >= 11 is 0. The second kappa shape index (κ2) is 7.58.